The standard InChI is InChI=1S/C26H23FN4O2S/c1-33-20-15-11-18(12-16-20)24-29-30-26(31(24)22-10-6-5-9-21(22)27)34-23(17-7-3-2-4-8-17)25(32)28-19-13-14-19/h2-12,15-16,19,23H,13-14H2,1H3,(H,28,32)/t23-/m1/s1. The third kappa shape index (κ3) is 4.68. The monoisotopic (exact) mass is 474 g/mol. The van der Waals surface area contributed by atoms with Crippen molar-refractivity contribution in [3.8, 4) is 22.8 Å². The highest BCUT2D eigenvalue weighted by atomic mass is 32.2. The molecule has 0 spiro atoms. The Morgan fingerprint density at radius 3 is 2.41 bits per heavy atom. The topological polar surface area (TPSA) is 69.0 Å². The van der Waals surface area contributed by atoms with E-state index < -0.39 is 11.1 Å². The van der Waals surface area contributed by atoms with Crippen molar-refractivity contribution in [3.05, 3.63) is 90.2 Å². The molecule has 8 heteroatoms. The zero-order chi connectivity index (χ0) is 23.5. The van der Waals surface area contributed by atoms with Crippen LogP contribution in [0, 0.1) is 5.82 Å². The molecule has 1 saturated carbocycles. The van der Waals surface area contributed by atoms with Crippen molar-refractivity contribution < 1.29 is 13.9 Å². The lowest BCUT2D eigenvalue weighted by atomic mass is 10.1. The predicted molar refractivity (Wildman–Crippen MR) is 130 cm³/mol. The third-order valence-corrected chi connectivity index (χ3v) is 6.76. The number of nitrogens with zero attached hydrogens (tertiary/aromatic N) is 3. The van der Waals surface area contributed by atoms with Gasteiger partial charge in [-0.2, -0.15) is 0 Å². The Kier molecular flexibility index (Phi) is 6.31. The Morgan fingerprint density at radius 1 is 1.03 bits per heavy atom. The van der Waals surface area contributed by atoms with Gasteiger partial charge in [0.1, 0.15) is 16.8 Å². The third-order valence-electron chi connectivity index (χ3n) is 5.56. The molecule has 3 aromatic carbocycles. The SMILES string of the molecule is COc1ccc(-c2nnc(S[C@@H](C(=O)NC3CC3)c3ccccc3)n2-c2ccccc2F)cc1. The lowest BCUT2D eigenvalue weighted by Gasteiger charge is -2.18. The number of rotatable bonds is 8. The summed E-state index contributed by atoms with van der Waals surface area (Å²) in [6.07, 6.45) is 1.98. The molecule has 1 N–H and O–H groups in total. The number of thioether (sulfide) groups is 1. The Hall–Kier alpha value is -3.65. The first-order chi connectivity index (χ1) is 16.6. The summed E-state index contributed by atoms with van der Waals surface area (Å²) in [5.74, 6) is 0.686. The summed E-state index contributed by atoms with van der Waals surface area (Å²) in [6, 6.07) is 23.6. The second-order valence-electron chi connectivity index (χ2n) is 8.01. The molecule has 1 fully saturated rings. The fourth-order valence-corrected chi connectivity index (χ4v) is 4.69. The number of ether oxygens (including phenoxy) is 1. The molecule has 34 heavy (non-hydrogen) atoms. The summed E-state index contributed by atoms with van der Waals surface area (Å²) in [5.41, 5.74) is 1.91. The first kappa shape index (κ1) is 22.2. The van der Waals surface area contributed by atoms with E-state index in [0.717, 1.165) is 24.0 Å². The summed E-state index contributed by atoms with van der Waals surface area (Å²) in [4.78, 5) is 13.2. The maximum Gasteiger partial charge on any atom is 0.238 e. The van der Waals surface area contributed by atoms with Crippen LogP contribution in [0.4, 0.5) is 4.39 Å². The van der Waals surface area contributed by atoms with E-state index in [1.54, 1.807) is 29.9 Å². The molecule has 0 unspecified atom stereocenters. The summed E-state index contributed by atoms with van der Waals surface area (Å²) in [5, 5.41) is 11.7. The zero-order valence-electron chi connectivity index (χ0n) is 18.5. The van der Waals surface area contributed by atoms with E-state index in [4.69, 9.17) is 4.74 Å². The summed E-state index contributed by atoms with van der Waals surface area (Å²) >= 11 is 1.26. The number of methoxy groups -OCH3 is 1. The van der Waals surface area contributed by atoms with Crippen LogP contribution >= 0.6 is 11.8 Å². The number of hydrogen-bond donors (Lipinski definition) is 1. The lowest BCUT2D eigenvalue weighted by molar-refractivity contribution is -0.120. The highest BCUT2D eigenvalue weighted by Gasteiger charge is 2.31. The van der Waals surface area contributed by atoms with E-state index in [1.807, 2.05) is 54.6 Å². The molecule has 6 nitrogen and oxygen atoms in total. The van der Waals surface area contributed by atoms with Gasteiger partial charge in [-0.25, -0.2) is 4.39 Å². The van der Waals surface area contributed by atoms with Gasteiger partial charge in [0.15, 0.2) is 11.0 Å². The van der Waals surface area contributed by atoms with Gasteiger partial charge in [-0.15, -0.1) is 10.2 Å². The predicted octanol–water partition coefficient (Wildman–Crippen LogP) is 5.19. The number of carbonyl (C=O) groups is 1. The van der Waals surface area contributed by atoms with E-state index in [-0.39, 0.29) is 11.9 Å². The Bertz CT molecular complexity index is 1290. The second-order valence-corrected chi connectivity index (χ2v) is 9.09. The zero-order valence-corrected chi connectivity index (χ0v) is 19.3. The van der Waals surface area contributed by atoms with Crippen molar-refractivity contribution in [1.82, 2.24) is 20.1 Å². The van der Waals surface area contributed by atoms with E-state index in [1.165, 1.54) is 17.8 Å². The van der Waals surface area contributed by atoms with Crippen molar-refractivity contribution in [2.24, 2.45) is 0 Å². The van der Waals surface area contributed by atoms with Crippen LogP contribution in [0.2, 0.25) is 0 Å². The van der Waals surface area contributed by atoms with Gasteiger partial charge in [-0.05, 0) is 54.8 Å². The van der Waals surface area contributed by atoms with Crippen molar-refractivity contribution in [2.75, 3.05) is 7.11 Å². The first-order valence-corrected chi connectivity index (χ1v) is 11.9. The highest BCUT2D eigenvalue weighted by Crippen LogP contribution is 2.38. The molecule has 0 bridgehead atoms. The summed E-state index contributed by atoms with van der Waals surface area (Å²) in [6.45, 7) is 0. The Morgan fingerprint density at radius 2 is 1.74 bits per heavy atom. The van der Waals surface area contributed by atoms with Gasteiger partial charge in [0.25, 0.3) is 0 Å². The maximum absolute atomic E-state index is 15.0. The molecule has 172 valence electrons. The average Bonchev–Trinajstić information content (AvgIpc) is 3.59. The van der Waals surface area contributed by atoms with Gasteiger partial charge in [-0.1, -0.05) is 54.2 Å². The molecule has 1 aliphatic carbocycles. The quantitative estimate of drug-likeness (QED) is 0.356. The van der Waals surface area contributed by atoms with Crippen LogP contribution in [0.5, 0.6) is 5.75 Å². The molecule has 1 amide bonds. The van der Waals surface area contributed by atoms with Gasteiger partial charge < -0.3 is 10.1 Å². The molecule has 0 radical (unpaired) electrons. The van der Waals surface area contributed by atoms with Crippen LogP contribution in [0.15, 0.2) is 84.0 Å². The van der Waals surface area contributed by atoms with Crippen LogP contribution < -0.4 is 10.1 Å². The van der Waals surface area contributed by atoms with E-state index in [2.05, 4.69) is 15.5 Å². The van der Waals surface area contributed by atoms with Gasteiger partial charge in [0, 0.05) is 11.6 Å². The number of hydrogen-bond acceptors (Lipinski definition) is 5. The minimum atomic E-state index is -0.555. The molecule has 5 rings (SSSR count). The number of benzene rings is 3. The normalized spacial score (nSPS) is 13.9. The number of para-hydroxylation sites is 1. The fraction of sp³-hybridized carbons (Fsp3) is 0.192. The van der Waals surface area contributed by atoms with E-state index in [0.29, 0.717) is 22.4 Å². The largest absolute Gasteiger partial charge is 0.497 e. The van der Waals surface area contributed by atoms with Gasteiger partial charge >= 0.3 is 0 Å². The van der Waals surface area contributed by atoms with Crippen LogP contribution in [0.25, 0.3) is 17.1 Å². The van der Waals surface area contributed by atoms with E-state index in [9.17, 15) is 9.18 Å². The smallest absolute Gasteiger partial charge is 0.238 e. The van der Waals surface area contributed by atoms with Gasteiger partial charge in [0.2, 0.25) is 5.91 Å². The Labute approximate surface area is 201 Å². The minimum absolute atomic E-state index is 0.0900. The molecule has 1 aliphatic rings. The number of amides is 1. The maximum atomic E-state index is 15.0. The van der Waals surface area contributed by atoms with Crippen LogP contribution in [-0.4, -0.2) is 33.8 Å². The Balaban J connectivity index is 1.59. The highest BCUT2D eigenvalue weighted by molar-refractivity contribution is 8.00. The number of aromatic nitrogens is 3. The average molecular weight is 475 g/mol. The number of nitrogens with one attached hydrogen (secondary N) is 1. The molecular formula is C26H23FN4O2S. The molecular weight excluding hydrogens is 451 g/mol. The van der Waals surface area contributed by atoms with Crippen LogP contribution in [0.1, 0.15) is 23.7 Å². The van der Waals surface area contributed by atoms with Gasteiger partial charge in [-0.3, -0.25) is 9.36 Å². The minimum Gasteiger partial charge on any atom is -0.497 e. The second kappa shape index (κ2) is 9.69. The molecule has 0 aliphatic heterocycles. The summed E-state index contributed by atoms with van der Waals surface area (Å²) in [7, 11) is 1.60. The van der Waals surface area contributed by atoms with Crippen molar-refractivity contribution >= 4 is 17.7 Å². The number of carbonyl (C=O) groups excluding carboxylic acids is 1. The molecule has 1 heterocycles. The van der Waals surface area contributed by atoms with Crippen molar-refractivity contribution in [3.63, 3.8) is 0 Å². The first-order valence-electron chi connectivity index (χ1n) is 11.0. The lowest BCUT2D eigenvalue weighted by Crippen LogP contribution is -2.30. The fourth-order valence-electron chi connectivity index (χ4n) is 3.63. The van der Waals surface area contributed by atoms with Crippen LogP contribution in [-0.2, 0) is 4.79 Å². The van der Waals surface area contributed by atoms with E-state index >= 15 is 0 Å². The molecule has 1 aromatic heterocycles. The van der Waals surface area contributed by atoms with Crippen molar-refractivity contribution in [2.45, 2.75) is 29.3 Å². The summed E-state index contributed by atoms with van der Waals surface area (Å²) < 4.78 is 21.9. The molecule has 1 atom stereocenters. The molecule has 0 saturated heterocycles. The van der Waals surface area contributed by atoms with Crippen molar-refractivity contribution in [1.29, 1.82) is 0 Å². The van der Waals surface area contributed by atoms with Crippen LogP contribution in [0.3, 0.4) is 0 Å². The molecule has 4 aromatic rings. The van der Waals surface area contributed by atoms with Gasteiger partial charge in [0.05, 0.1) is 12.8 Å². The number of halogens is 1.